The van der Waals surface area contributed by atoms with Gasteiger partial charge in [0.1, 0.15) is 11.7 Å². The maximum absolute atomic E-state index is 15.7. The third kappa shape index (κ3) is 4.56. The highest BCUT2D eigenvalue weighted by Crippen LogP contribution is 2.29. The largest absolute Gasteiger partial charge is 0.381 e. The van der Waals surface area contributed by atoms with E-state index >= 15 is 4.39 Å². The van der Waals surface area contributed by atoms with Crippen molar-refractivity contribution in [2.45, 2.75) is 56.9 Å². The summed E-state index contributed by atoms with van der Waals surface area (Å²) in [5, 5.41) is 6.97. The highest BCUT2D eigenvalue weighted by Gasteiger charge is 2.46. The second-order valence-electron chi connectivity index (χ2n) is 9.81. The third-order valence-corrected chi connectivity index (χ3v) is 7.41. The van der Waals surface area contributed by atoms with Gasteiger partial charge in [-0.1, -0.05) is 13.3 Å². The average molecular weight is 491 g/mol. The number of piperidine rings is 1. The number of alkyl halides is 1. The number of nitrogens with zero attached hydrogens (tertiary/aromatic N) is 6. The van der Waals surface area contributed by atoms with Crippen LogP contribution in [-0.4, -0.2) is 105 Å². The Hall–Kier alpha value is -2.86. The number of halogens is 2. The average Bonchev–Trinajstić information content (AvgIpc) is 3.40. The number of unbranched alkanes of at least 4 members (excludes halogenated alkanes) is 1. The SMILES string of the molecule is CCCCN1CC(F)C(N2CC(=O)N3CCCC3C2)C(NC(=O)c2c(N)nn3cc(F)cnc23)C1. The molecule has 0 aromatic carbocycles. The van der Waals surface area contributed by atoms with E-state index in [1.54, 1.807) is 0 Å². The fourth-order valence-electron chi connectivity index (χ4n) is 5.81. The van der Waals surface area contributed by atoms with Gasteiger partial charge in [0.25, 0.3) is 5.91 Å². The number of hydrogen-bond acceptors (Lipinski definition) is 7. The maximum atomic E-state index is 15.7. The quantitative estimate of drug-likeness (QED) is 0.612. The first-order valence-electron chi connectivity index (χ1n) is 12.4. The zero-order chi connectivity index (χ0) is 24.7. The summed E-state index contributed by atoms with van der Waals surface area (Å²) in [6.45, 7) is 5.02. The summed E-state index contributed by atoms with van der Waals surface area (Å²) in [7, 11) is 0. The van der Waals surface area contributed by atoms with Crippen LogP contribution in [0.2, 0.25) is 0 Å². The van der Waals surface area contributed by atoms with Crippen molar-refractivity contribution in [2.24, 2.45) is 0 Å². The van der Waals surface area contributed by atoms with Crippen molar-refractivity contribution in [3.63, 3.8) is 0 Å². The highest BCUT2D eigenvalue weighted by molar-refractivity contribution is 6.04. The number of carbonyl (C=O) groups excluding carboxylic acids is 2. The number of nitrogens with one attached hydrogen (secondary N) is 1. The smallest absolute Gasteiger partial charge is 0.259 e. The van der Waals surface area contributed by atoms with Crippen molar-refractivity contribution in [1.29, 1.82) is 0 Å². The van der Waals surface area contributed by atoms with Crippen molar-refractivity contribution in [3.05, 3.63) is 23.8 Å². The van der Waals surface area contributed by atoms with E-state index in [1.165, 1.54) is 0 Å². The van der Waals surface area contributed by atoms with Gasteiger partial charge in [-0.15, -0.1) is 5.10 Å². The lowest BCUT2D eigenvalue weighted by atomic mass is 9.93. The van der Waals surface area contributed by atoms with Gasteiger partial charge in [-0.25, -0.2) is 18.3 Å². The second kappa shape index (κ2) is 9.65. The maximum Gasteiger partial charge on any atom is 0.259 e. The molecule has 4 atom stereocenters. The molecule has 35 heavy (non-hydrogen) atoms. The molecule has 3 N–H and O–H groups in total. The van der Waals surface area contributed by atoms with E-state index in [2.05, 4.69) is 22.3 Å². The lowest BCUT2D eigenvalue weighted by molar-refractivity contribution is -0.140. The van der Waals surface area contributed by atoms with Crippen molar-refractivity contribution >= 4 is 23.3 Å². The van der Waals surface area contributed by atoms with Crippen LogP contribution in [0.25, 0.3) is 5.65 Å². The van der Waals surface area contributed by atoms with Gasteiger partial charge in [0.05, 0.1) is 31.0 Å². The molecule has 5 heterocycles. The zero-order valence-electron chi connectivity index (χ0n) is 19.9. The number of fused-ring (bicyclic) bond motifs is 2. The zero-order valence-corrected chi connectivity index (χ0v) is 19.9. The molecule has 3 saturated heterocycles. The molecule has 0 spiro atoms. The molecule has 3 aliphatic heterocycles. The molecule has 0 bridgehead atoms. The first-order valence-corrected chi connectivity index (χ1v) is 12.4. The predicted octanol–water partition coefficient (Wildman–Crippen LogP) is 0.678. The lowest BCUT2D eigenvalue weighted by Crippen LogP contribution is -2.69. The predicted molar refractivity (Wildman–Crippen MR) is 125 cm³/mol. The molecule has 4 unspecified atom stereocenters. The number of nitrogen functional groups attached to an aromatic ring is 1. The summed E-state index contributed by atoms with van der Waals surface area (Å²) in [6.07, 6.45) is 4.62. The Morgan fingerprint density at radius 1 is 1.31 bits per heavy atom. The van der Waals surface area contributed by atoms with Crippen LogP contribution in [0.5, 0.6) is 0 Å². The molecule has 12 heteroatoms. The molecule has 0 saturated carbocycles. The molecule has 2 aromatic heterocycles. The second-order valence-corrected chi connectivity index (χ2v) is 9.81. The first-order chi connectivity index (χ1) is 16.9. The van der Waals surface area contributed by atoms with Crippen LogP contribution in [0.3, 0.4) is 0 Å². The number of anilines is 1. The van der Waals surface area contributed by atoms with E-state index in [4.69, 9.17) is 5.73 Å². The number of rotatable bonds is 6. The van der Waals surface area contributed by atoms with Gasteiger partial charge >= 0.3 is 0 Å². The van der Waals surface area contributed by atoms with Gasteiger partial charge in [0, 0.05) is 32.2 Å². The van der Waals surface area contributed by atoms with Gasteiger partial charge in [-0.3, -0.25) is 19.4 Å². The number of nitrogens with two attached hydrogens (primary N) is 1. The molecule has 0 radical (unpaired) electrons. The van der Waals surface area contributed by atoms with Crippen molar-refractivity contribution in [2.75, 3.05) is 45.0 Å². The molecule has 0 aliphatic carbocycles. The van der Waals surface area contributed by atoms with E-state index < -0.39 is 30.0 Å². The number of likely N-dealkylation sites (tertiary alicyclic amines) is 1. The minimum Gasteiger partial charge on any atom is -0.381 e. The Morgan fingerprint density at radius 2 is 2.14 bits per heavy atom. The van der Waals surface area contributed by atoms with E-state index in [9.17, 15) is 14.0 Å². The molecular weight excluding hydrogens is 458 g/mol. The Bertz CT molecular complexity index is 1110. The summed E-state index contributed by atoms with van der Waals surface area (Å²) in [5.74, 6) is -1.21. The Morgan fingerprint density at radius 3 is 2.94 bits per heavy atom. The van der Waals surface area contributed by atoms with Crippen LogP contribution >= 0.6 is 0 Å². The Labute approximate surface area is 202 Å². The monoisotopic (exact) mass is 490 g/mol. The Balaban J connectivity index is 1.41. The van der Waals surface area contributed by atoms with Crippen LogP contribution in [0, 0.1) is 5.82 Å². The van der Waals surface area contributed by atoms with E-state index in [0.717, 1.165) is 55.7 Å². The number of hydrogen-bond donors (Lipinski definition) is 2. The van der Waals surface area contributed by atoms with Crippen molar-refractivity contribution in [3.8, 4) is 0 Å². The molecule has 10 nitrogen and oxygen atoms in total. The molecule has 190 valence electrons. The van der Waals surface area contributed by atoms with Crippen LogP contribution in [-0.2, 0) is 4.79 Å². The highest BCUT2D eigenvalue weighted by atomic mass is 19.1. The minimum atomic E-state index is -1.24. The minimum absolute atomic E-state index is 0.0162. The van der Waals surface area contributed by atoms with Crippen molar-refractivity contribution in [1.82, 2.24) is 34.6 Å². The lowest BCUT2D eigenvalue weighted by Gasteiger charge is -2.48. The van der Waals surface area contributed by atoms with Gasteiger partial charge in [-0.05, 0) is 25.8 Å². The summed E-state index contributed by atoms with van der Waals surface area (Å²) < 4.78 is 30.4. The normalized spacial score (nSPS) is 28.0. The van der Waals surface area contributed by atoms with E-state index in [-0.39, 0.29) is 42.1 Å². The topological polar surface area (TPSA) is 112 Å². The molecule has 2 amide bonds. The number of carbonyl (C=O) groups is 2. The van der Waals surface area contributed by atoms with Gasteiger partial charge in [-0.2, -0.15) is 0 Å². The summed E-state index contributed by atoms with van der Waals surface area (Å²) >= 11 is 0. The number of aromatic nitrogens is 3. The van der Waals surface area contributed by atoms with Gasteiger partial charge in [0.2, 0.25) is 5.91 Å². The molecule has 5 rings (SSSR count). The fraction of sp³-hybridized carbons (Fsp3) is 0.652. The van der Waals surface area contributed by atoms with E-state index in [1.807, 2.05) is 14.7 Å². The van der Waals surface area contributed by atoms with E-state index in [0.29, 0.717) is 13.1 Å². The molecule has 3 fully saturated rings. The van der Waals surface area contributed by atoms with Crippen LogP contribution in [0.4, 0.5) is 14.6 Å². The summed E-state index contributed by atoms with van der Waals surface area (Å²) in [6, 6.07) is -1.12. The van der Waals surface area contributed by atoms with Crippen LogP contribution in [0.15, 0.2) is 12.4 Å². The summed E-state index contributed by atoms with van der Waals surface area (Å²) in [5.41, 5.74) is 6.14. The number of amides is 2. The molecule has 2 aromatic rings. The molecule has 3 aliphatic rings. The number of piperazine rings is 1. The van der Waals surface area contributed by atoms with Crippen LogP contribution < -0.4 is 11.1 Å². The first kappa shape index (κ1) is 23.9. The van der Waals surface area contributed by atoms with Gasteiger partial charge < -0.3 is 16.0 Å². The standard InChI is InChI=1S/C23H32F2N8O2/c1-2-3-6-30-11-16(25)20(31-10-15-5-4-7-32(15)18(34)13-31)17(12-30)28-23(35)19-21(26)29-33-9-14(24)8-27-22(19)33/h8-9,15-17,20H,2-7,10-13H2,1H3,(H2,26,29)(H,28,35). The van der Waals surface area contributed by atoms with Gasteiger partial charge in [0.15, 0.2) is 17.3 Å². The fourth-order valence-corrected chi connectivity index (χ4v) is 5.81. The summed E-state index contributed by atoms with van der Waals surface area (Å²) in [4.78, 5) is 36.0. The third-order valence-electron chi connectivity index (χ3n) is 7.41. The van der Waals surface area contributed by atoms with Crippen LogP contribution in [0.1, 0.15) is 43.0 Å². The Kier molecular flexibility index (Phi) is 6.58. The van der Waals surface area contributed by atoms with Crippen molar-refractivity contribution < 1.29 is 18.4 Å². The molecular formula is C23H32F2N8O2.